The number of carbonyl (C=O) groups is 1. The van der Waals surface area contributed by atoms with Gasteiger partial charge in [-0.05, 0) is 6.92 Å². The van der Waals surface area contributed by atoms with Gasteiger partial charge >= 0.3 is 0 Å². The standard InChI is InChI=1S/C9H9F2OP/c1-6(12)7-2-4-8(5-3-7)9(10,11)13/h2-5H,13H2,1H3. The largest absolute Gasteiger partial charge is 0.295 e. The number of hydrogen-bond acceptors (Lipinski definition) is 1. The van der Waals surface area contributed by atoms with Crippen molar-refractivity contribution < 1.29 is 13.6 Å². The number of rotatable bonds is 2. The van der Waals surface area contributed by atoms with Crippen LogP contribution in [0, 0.1) is 0 Å². The Morgan fingerprint density at radius 2 is 1.77 bits per heavy atom. The van der Waals surface area contributed by atoms with E-state index in [0.717, 1.165) is 0 Å². The van der Waals surface area contributed by atoms with E-state index in [-0.39, 0.29) is 11.3 Å². The summed E-state index contributed by atoms with van der Waals surface area (Å²) in [5.41, 5.74) is -2.59. The van der Waals surface area contributed by atoms with E-state index in [1.165, 1.54) is 40.4 Å². The van der Waals surface area contributed by atoms with Crippen molar-refractivity contribution in [3.05, 3.63) is 35.4 Å². The molecule has 0 aromatic heterocycles. The predicted octanol–water partition coefficient (Wildman–Crippen LogP) is 2.81. The molecule has 0 N–H and O–H groups in total. The van der Waals surface area contributed by atoms with Crippen LogP contribution in [-0.2, 0) is 5.66 Å². The number of carbonyl (C=O) groups excluding carboxylic acids is 1. The molecule has 0 fully saturated rings. The van der Waals surface area contributed by atoms with Gasteiger partial charge in [0.15, 0.2) is 5.78 Å². The summed E-state index contributed by atoms with van der Waals surface area (Å²) in [6.45, 7) is 1.40. The summed E-state index contributed by atoms with van der Waals surface area (Å²) in [5.74, 6) is -0.126. The summed E-state index contributed by atoms with van der Waals surface area (Å²) in [7, 11) is 1.45. The summed E-state index contributed by atoms with van der Waals surface area (Å²) in [6, 6.07) is 5.30. The van der Waals surface area contributed by atoms with Crippen molar-refractivity contribution in [3.63, 3.8) is 0 Å². The van der Waals surface area contributed by atoms with Crippen LogP contribution in [0.15, 0.2) is 24.3 Å². The maximum atomic E-state index is 12.7. The summed E-state index contributed by atoms with van der Waals surface area (Å²) in [4.78, 5) is 10.8. The molecule has 0 aliphatic rings. The van der Waals surface area contributed by atoms with Crippen LogP contribution in [0.1, 0.15) is 22.8 Å². The summed E-state index contributed by atoms with van der Waals surface area (Å²) in [6.07, 6.45) is 0. The Bertz CT molecular complexity index is 313. The van der Waals surface area contributed by atoms with E-state index in [4.69, 9.17) is 0 Å². The average molecular weight is 202 g/mol. The fraction of sp³-hybridized carbons (Fsp3) is 0.222. The Balaban J connectivity index is 3.01. The molecule has 0 aliphatic carbocycles. The fourth-order valence-corrected chi connectivity index (χ4v) is 1.12. The minimum Gasteiger partial charge on any atom is -0.295 e. The third-order valence-corrected chi connectivity index (χ3v) is 2.01. The molecule has 4 heteroatoms. The molecule has 1 aromatic rings. The van der Waals surface area contributed by atoms with Crippen LogP contribution in [0.25, 0.3) is 0 Å². The van der Waals surface area contributed by atoms with Gasteiger partial charge in [-0.3, -0.25) is 4.79 Å². The van der Waals surface area contributed by atoms with Gasteiger partial charge in [0.2, 0.25) is 0 Å². The quantitative estimate of drug-likeness (QED) is 0.532. The van der Waals surface area contributed by atoms with E-state index in [2.05, 4.69) is 0 Å². The highest BCUT2D eigenvalue weighted by atomic mass is 31.0. The van der Waals surface area contributed by atoms with Gasteiger partial charge in [-0.2, -0.15) is 8.78 Å². The van der Waals surface area contributed by atoms with Gasteiger partial charge in [-0.15, -0.1) is 0 Å². The van der Waals surface area contributed by atoms with Crippen molar-refractivity contribution in [2.75, 3.05) is 0 Å². The Kier molecular flexibility index (Phi) is 2.77. The Labute approximate surface area is 77.3 Å². The van der Waals surface area contributed by atoms with Gasteiger partial charge < -0.3 is 0 Å². The first kappa shape index (κ1) is 10.3. The first-order chi connectivity index (χ1) is 5.91. The van der Waals surface area contributed by atoms with E-state index >= 15 is 0 Å². The lowest BCUT2D eigenvalue weighted by Crippen LogP contribution is -2.02. The lowest BCUT2D eigenvalue weighted by Gasteiger charge is -2.09. The molecule has 0 saturated heterocycles. The van der Waals surface area contributed by atoms with Gasteiger partial charge in [0.25, 0.3) is 5.66 Å². The van der Waals surface area contributed by atoms with E-state index < -0.39 is 5.66 Å². The highest BCUT2D eigenvalue weighted by Gasteiger charge is 2.23. The maximum absolute atomic E-state index is 12.7. The second-order valence-corrected chi connectivity index (χ2v) is 3.48. The molecule has 1 rings (SSSR count). The molecule has 1 atom stereocenters. The zero-order valence-electron chi connectivity index (χ0n) is 7.05. The number of Topliss-reactive ketones (excluding diaryl/α,β-unsaturated/α-hetero) is 1. The van der Waals surface area contributed by atoms with Crippen LogP contribution in [-0.4, -0.2) is 5.78 Å². The van der Waals surface area contributed by atoms with Crippen LogP contribution in [0.3, 0.4) is 0 Å². The smallest absolute Gasteiger partial charge is 0.283 e. The van der Waals surface area contributed by atoms with E-state index in [0.29, 0.717) is 5.56 Å². The fourth-order valence-electron chi connectivity index (χ4n) is 0.927. The maximum Gasteiger partial charge on any atom is 0.283 e. The van der Waals surface area contributed by atoms with Crippen LogP contribution >= 0.6 is 9.24 Å². The molecule has 0 amide bonds. The number of alkyl halides is 2. The van der Waals surface area contributed by atoms with Gasteiger partial charge in [0.05, 0.1) is 0 Å². The predicted molar refractivity (Wildman–Crippen MR) is 50.1 cm³/mol. The number of hydrogen-bond donors (Lipinski definition) is 0. The molecule has 0 bridgehead atoms. The third kappa shape index (κ3) is 2.56. The molecule has 1 nitrogen and oxygen atoms in total. The van der Waals surface area contributed by atoms with Gasteiger partial charge in [-0.1, -0.05) is 33.5 Å². The minimum absolute atomic E-state index is 0.109. The molecule has 0 saturated carbocycles. The van der Waals surface area contributed by atoms with Crippen molar-refractivity contribution >= 4 is 15.0 Å². The molecule has 70 valence electrons. The molecule has 0 radical (unpaired) electrons. The lowest BCUT2D eigenvalue weighted by molar-refractivity contribution is 0.100. The Morgan fingerprint density at radius 1 is 1.31 bits per heavy atom. The van der Waals surface area contributed by atoms with Gasteiger partial charge in [-0.25, -0.2) is 0 Å². The van der Waals surface area contributed by atoms with Gasteiger partial charge in [0, 0.05) is 11.1 Å². The molecule has 0 heterocycles. The van der Waals surface area contributed by atoms with Crippen molar-refractivity contribution in [2.24, 2.45) is 0 Å². The average Bonchev–Trinajstić information content (AvgIpc) is 2.03. The normalized spacial score (nSPS) is 11.4. The molecule has 1 unspecified atom stereocenters. The SMILES string of the molecule is CC(=O)c1ccc(C(F)(F)P)cc1. The first-order valence-corrected chi connectivity index (χ1v) is 4.27. The molecular weight excluding hydrogens is 193 g/mol. The van der Waals surface area contributed by atoms with Crippen molar-refractivity contribution in [1.29, 1.82) is 0 Å². The van der Waals surface area contributed by atoms with Crippen LogP contribution in [0.4, 0.5) is 8.78 Å². The highest BCUT2D eigenvalue weighted by molar-refractivity contribution is 7.17. The summed E-state index contributed by atoms with van der Waals surface area (Å²) < 4.78 is 25.3. The van der Waals surface area contributed by atoms with E-state index in [1.54, 1.807) is 0 Å². The van der Waals surface area contributed by atoms with Gasteiger partial charge in [0.1, 0.15) is 0 Å². The van der Waals surface area contributed by atoms with Crippen molar-refractivity contribution in [1.82, 2.24) is 0 Å². The van der Waals surface area contributed by atoms with Crippen LogP contribution < -0.4 is 0 Å². The minimum atomic E-state index is -2.92. The van der Waals surface area contributed by atoms with Crippen molar-refractivity contribution in [3.8, 4) is 0 Å². The zero-order chi connectivity index (χ0) is 10.1. The summed E-state index contributed by atoms with van der Waals surface area (Å²) in [5, 5.41) is 0. The molecular formula is C9H9F2OP. The number of benzene rings is 1. The first-order valence-electron chi connectivity index (χ1n) is 3.69. The molecule has 13 heavy (non-hydrogen) atoms. The second kappa shape index (κ2) is 3.51. The monoisotopic (exact) mass is 202 g/mol. The summed E-state index contributed by atoms with van der Waals surface area (Å²) >= 11 is 0. The zero-order valence-corrected chi connectivity index (χ0v) is 8.21. The van der Waals surface area contributed by atoms with E-state index in [1.807, 2.05) is 0 Å². The van der Waals surface area contributed by atoms with E-state index in [9.17, 15) is 13.6 Å². The molecule has 0 spiro atoms. The topological polar surface area (TPSA) is 17.1 Å². The lowest BCUT2D eigenvalue weighted by atomic mass is 10.1. The number of halogens is 2. The highest BCUT2D eigenvalue weighted by Crippen LogP contribution is 2.34. The Hall–Kier alpha value is -0.820. The third-order valence-electron chi connectivity index (χ3n) is 1.68. The van der Waals surface area contributed by atoms with Crippen LogP contribution in [0.2, 0.25) is 0 Å². The molecule has 1 aromatic carbocycles. The molecule has 0 aliphatic heterocycles. The number of ketones is 1. The second-order valence-electron chi connectivity index (χ2n) is 2.76. The Morgan fingerprint density at radius 3 is 2.08 bits per heavy atom. The van der Waals surface area contributed by atoms with Crippen LogP contribution in [0.5, 0.6) is 0 Å². The van der Waals surface area contributed by atoms with Crippen molar-refractivity contribution in [2.45, 2.75) is 12.6 Å².